The molecule has 0 aliphatic heterocycles. The normalized spacial score (nSPS) is 11.7. The molecule has 3 aromatic carbocycles. The van der Waals surface area contributed by atoms with Crippen LogP contribution >= 0.6 is 0 Å². The van der Waals surface area contributed by atoms with E-state index in [0.717, 1.165) is 4.31 Å². The third-order valence-electron chi connectivity index (χ3n) is 4.47. The van der Waals surface area contributed by atoms with Gasteiger partial charge in [-0.15, -0.1) is 0 Å². The van der Waals surface area contributed by atoms with Gasteiger partial charge in [0.05, 0.1) is 11.3 Å². The predicted octanol–water partition coefficient (Wildman–Crippen LogP) is 3.09. The van der Waals surface area contributed by atoms with Gasteiger partial charge in [-0.1, -0.05) is 12.1 Å². The lowest BCUT2D eigenvalue weighted by Gasteiger charge is -2.12. The summed E-state index contributed by atoms with van der Waals surface area (Å²) in [6.07, 6.45) is -0.284. The zero-order chi connectivity index (χ0) is 21.3. The first-order valence-corrected chi connectivity index (χ1v) is 10.0. The second-order valence-corrected chi connectivity index (χ2v) is 8.87. The molecule has 0 saturated heterocycles. The largest absolute Gasteiger partial charge is 0.481 e. The molecule has 29 heavy (non-hydrogen) atoms. The van der Waals surface area contributed by atoms with Crippen molar-refractivity contribution in [2.24, 2.45) is 0 Å². The minimum Gasteiger partial charge on any atom is -0.481 e. The number of halogens is 1. The molecule has 8 heteroatoms. The number of ketones is 1. The van der Waals surface area contributed by atoms with Crippen LogP contribution in [-0.2, 0) is 21.2 Å². The number of benzene rings is 3. The van der Waals surface area contributed by atoms with Crippen LogP contribution in [0.5, 0.6) is 0 Å². The summed E-state index contributed by atoms with van der Waals surface area (Å²) < 4.78 is 39.2. The number of carboxylic acid groups (broad SMARTS) is 1. The molecule has 0 aliphatic rings. The molecule has 3 aromatic rings. The van der Waals surface area contributed by atoms with E-state index >= 15 is 0 Å². The van der Waals surface area contributed by atoms with Crippen LogP contribution in [0.25, 0.3) is 10.8 Å². The number of aliphatic carboxylic acids is 1. The highest BCUT2D eigenvalue weighted by Gasteiger charge is 2.19. The number of rotatable bonds is 6. The number of carbonyl (C=O) groups is 2. The van der Waals surface area contributed by atoms with Crippen molar-refractivity contribution in [1.82, 2.24) is 4.31 Å². The Morgan fingerprint density at radius 2 is 1.66 bits per heavy atom. The molecule has 0 spiro atoms. The van der Waals surface area contributed by atoms with Crippen molar-refractivity contribution in [1.29, 1.82) is 0 Å². The topological polar surface area (TPSA) is 91.8 Å². The van der Waals surface area contributed by atoms with E-state index < -0.39 is 27.6 Å². The maximum atomic E-state index is 13.8. The Morgan fingerprint density at radius 1 is 1.00 bits per heavy atom. The van der Waals surface area contributed by atoms with Crippen molar-refractivity contribution in [3.05, 3.63) is 77.1 Å². The highest BCUT2D eigenvalue weighted by molar-refractivity contribution is 7.89. The Morgan fingerprint density at radius 3 is 2.24 bits per heavy atom. The summed E-state index contributed by atoms with van der Waals surface area (Å²) in [5.41, 5.74) is 0.772. The van der Waals surface area contributed by atoms with Crippen molar-refractivity contribution in [2.45, 2.75) is 11.3 Å². The van der Waals surface area contributed by atoms with Crippen LogP contribution in [0.15, 0.2) is 59.5 Å². The van der Waals surface area contributed by atoms with E-state index in [9.17, 15) is 22.4 Å². The molecular weight excluding hydrogens is 397 g/mol. The molecule has 0 aromatic heterocycles. The monoisotopic (exact) mass is 415 g/mol. The zero-order valence-corrected chi connectivity index (χ0v) is 16.5. The maximum Gasteiger partial charge on any atom is 0.307 e. The summed E-state index contributed by atoms with van der Waals surface area (Å²) in [5.74, 6) is -2.03. The molecule has 0 radical (unpaired) electrons. The van der Waals surface area contributed by atoms with Gasteiger partial charge in [0, 0.05) is 25.2 Å². The van der Waals surface area contributed by atoms with Crippen molar-refractivity contribution in [2.75, 3.05) is 14.1 Å². The summed E-state index contributed by atoms with van der Waals surface area (Å²) in [6.45, 7) is 0. The zero-order valence-electron chi connectivity index (χ0n) is 15.7. The lowest BCUT2D eigenvalue weighted by Crippen LogP contribution is -2.22. The highest BCUT2D eigenvalue weighted by atomic mass is 32.2. The molecule has 0 unspecified atom stereocenters. The Balaban J connectivity index is 2.10. The molecule has 0 heterocycles. The number of carbonyl (C=O) groups excluding carboxylic acids is 1. The van der Waals surface area contributed by atoms with Crippen LogP contribution in [0, 0.1) is 5.82 Å². The van der Waals surface area contributed by atoms with Gasteiger partial charge in [-0.2, -0.15) is 0 Å². The molecular formula is C21H18FNO5S. The van der Waals surface area contributed by atoms with Gasteiger partial charge < -0.3 is 5.11 Å². The minimum absolute atomic E-state index is 0.0366. The molecule has 6 nitrogen and oxygen atoms in total. The molecule has 0 fully saturated rings. The summed E-state index contributed by atoms with van der Waals surface area (Å²) >= 11 is 0. The minimum atomic E-state index is -3.64. The molecule has 0 atom stereocenters. The van der Waals surface area contributed by atoms with Crippen LogP contribution in [0.1, 0.15) is 21.5 Å². The quantitative estimate of drug-likeness (QED) is 0.625. The van der Waals surface area contributed by atoms with Gasteiger partial charge >= 0.3 is 5.97 Å². The fourth-order valence-electron chi connectivity index (χ4n) is 3.00. The van der Waals surface area contributed by atoms with Gasteiger partial charge in [0.25, 0.3) is 0 Å². The average Bonchev–Trinajstić information content (AvgIpc) is 2.66. The third-order valence-corrected chi connectivity index (χ3v) is 6.30. The van der Waals surface area contributed by atoms with E-state index in [0.29, 0.717) is 16.3 Å². The van der Waals surface area contributed by atoms with Crippen LogP contribution in [0.3, 0.4) is 0 Å². The Kier molecular flexibility index (Phi) is 5.50. The number of sulfonamides is 1. The van der Waals surface area contributed by atoms with Crippen molar-refractivity contribution in [3.63, 3.8) is 0 Å². The molecule has 1 N–H and O–H groups in total. The first kappa shape index (κ1) is 20.6. The van der Waals surface area contributed by atoms with E-state index in [4.69, 9.17) is 5.11 Å². The van der Waals surface area contributed by atoms with Crippen molar-refractivity contribution >= 4 is 32.5 Å². The van der Waals surface area contributed by atoms with E-state index in [2.05, 4.69) is 0 Å². The smallest absolute Gasteiger partial charge is 0.307 e. The fraction of sp³-hybridized carbons (Fsp3) is 0.143. The first-order valence-electron chi connectivity index (χ1n) is 8.61. The Bertz CT molecular complexity index is 1220. The van der Waals surface area contributed by atoms with Crippen molar-refractivity contribution < 1.29 is 27.5 Å². The van der Waals surface area contributed by atoms with E-state index in [1.54, 1.807) is 6.07 Å². The van der Waals surface area contributed by atoms with Gasteiger partial charge in [-0.05, 0) is 58.8 Å². The summed E-state index contributed by atoms with van der Waals surface area (Å²) in [7, 11) is -0.826. The van der Waals surface area contributed by atoms with Crippen LogP contribution in [0.2, 0.25) is 0 Å². The number of fused-ring (bicyclic) bond motifs is 1. The highest BCUT2D eigenvalue weighted by Crippen LogP contribution is 2.26. The van der Waals surface area contributed by atoms with E-state index in [-0.39, 0.29) is 22.4 Å². The average molecular weight is 415 g/mol. The maximum absolute atomic E-state index is 13.8. The molecule has 0 saturated carbocycles. The van der Waals surface area contributed by atoms with Gasteiger partial charge in [-0.25, -0.2) is 17.1 Å². The number of carboxylic acids is 1. The summed E-state index contributed by atoms with van der Waals surface area (Å²) in [5, 5.41) is 9.97. The predicted molar refractivity (Wildman–Crippen MR) is 106 cm³/mol. The Hall–Kier alpha value is -3.10. The van der Waals surface area contributed by atoms with Crippen LogP contribution in [-0.4, -0.2) is 43.7 Å². The second kappa shape index (κ2) is 7.73. The molecule has 3 rings (SSSR count). The molecule has 0 amide bonds. The van der Waals surface area contributed by atoms with Gasteiger partial charge in [0.2, 0.25) is 10.0 Å². The molecule has 0 bridgehead atoms. The van der Waals surface area contributed by atoms with Gasteiger partial charge in [0.1, 0.15) is 5.82 Å². The molecule has 0 aliphatic carbocycles. The summed E-state index contributed by atoms with van der Waals surface area (Å²) in [6, 6.07) is 12.4. The second-order valence-electron chi connectivity index (χ2n) is 6.72. The van der Waals surface area contributed by atoms with Crippen LogP contribution < -0.4 is 0 Å². The lowest BCUT2D eigenvalue weighted by atomic mass is 9.94. The summed E-state index contributed by atoms with van der Waals surface area (Å²) in [4.78, 5) is 24.2. The third kappa shape index (κ3) is 4.18. The number of hydrogen-bond donors (Lipinski definition) is 1. The van der Waals surface area contributed by atoms with E-state index in [1.165, 1.54) is 62.6 Å². The number of hydrogen-bond acceptors (Lipinski definition) is 4. The number of nitrogens with zero attached hydrogens (tertiary/aromatic N) is 1. The van der Waals surface area contributed by atoms with Gasteiger partial charge in [0.15, 0.2) is 5.78 Å². The lowest BCUT2D eigenvalue weighted by molar-refractivity contribution is -0.136. The van der Waals surface area contributed by atoms with E-state index in [1.807, 2.05) is 0 Å². The Labute approximate surface area is 167 Å². The fourth-order valence-corrected chi connectivity index (χ4v) is 3.90. The SMILES string of the molecule is CN(C)S(=O)(=O)c1ccc(C(=O)c2cc(CC(=O)O)cc3ccc(F)cc23)cc1. The first-order chi connectivity index (χ1) is 13.6. The standard InChI is InChI=1S/C21H18FNO5S/c1-23(2)29(27,28)17-7-4-14(5-8-17)21(26)19-10-13(11-20(24)25)9-15-3-6-16(22)12-18(15)19/h3-10,12H,11H2,1-2H3,(H,24,25). The van der Waals surface area contributed by atoms with Crippen LogP contribution in [0.4, 0.5) is 4.39 Å². The molecule has 150 valence electrons. The van der Waals surface area contributed by atoms with Crippen molar-refractivity contribution in [3.8, 4) is 0 Å². The van der Waals surface area contributed by atoms with Gasteiger partial charge in [-0.3, -0.25) is 9.59 Å².